The van der Waals surface area contributed by atoms with Gasteiger partial charge < -0.3 is 5.11 Å². The average Bonchev–Trinajstić information content (AvgIpc) is 2.15. The number of alkyl halides is 1. The molecule has 1 aromatic rings. The number of carboxylic acid groups (broad SMARTS) is 1. The van der Waals surface area contributed by atoms with E-state index in [0.29, 0.717) is 6.42 Å². The lowest BCUT2D eigenvalue weighted by molar-refractivity contribution is -0.140. The highest BCUT2D eigenvalue weighted by Crippen LogP contribution is 2.10. The van der Waals surface area contributed by atoms with E-state index in [-0.39, 0.29) is 5.88 Å². The van der Waals surface area contributed by atoms with Crippen molar-refractivity contribution in [3.8, 4) is 0 Å². The molecule has 1 N–H and O–H groups in total. The van der Waals surface area contributed by atoms with Crippen LogP contribution in [0, 0.1) is 5.92 Å². The fourth-order valence-corrected chi connectivity index (χ4v) is 1.35. The Morgan fingerprint density at radius 2 is 2.00 bits per heavy atom. The van der Waals surface area contributed by atoms with Gasteiger partial charge >= 0.3 is 5.97 Å². The Hall–Kier alpha value is -1.02. The van der Waals surface area contributed by atoms with Gasteiger partial charge in [0, 0.05) is 5.88 Å². The van der Waals surface area contributed by atoms with Gasteiger partial charge in [-0.25, -0.2) is 0 Å². The fraction of sp³-hybridized carbons (Fsp3) is 0.300. The lowest BCUT2D eigenvalue weighted by atomic mass is 10.0. The van der Waals surface area contributed by atoms with Crippen molar-refractivity contribution < 1.29 is 9.90 Å². The molecule has 0 aliphatic carbocycles. The molecule has 0 heterocycles. The average molecular weight is 199 g/mol. The number of hydrogen-bond donors (Lipinski definition) is 1. The van der Waals surface area contributed by atoms with E-state index in [1.54, 1.807) is 0 Å². The van der Waals surface area contributed by atoms with E-state index in [1.165, 1.54) is 0 Å². The maximum absolute atomic E-state index is 10.7. The Bertz CT molecular complexity index is 272. The monoisotopic (exact) mass is 198 g/mol. The predicted molar refractivity (Wildman–Crippen MR) is 52.0 cm³/mol. The van der Waals surface area contributed by atoms with Gasteiger partial charge in [-0.3, -0.25) is 4.79 Å². The maximum atomic E-state index is 10.7. The minimum absolute atomic E-state index is 0.157. The zero-order valence-electron chi connectivity index (χ0n) is 7.11. The summed E-state index contributed by atoms with van der Waals surface area (Å²) in [5.74, 6) is -1.16. The summed E-state index contributed by atoms with van der Waals surface area (Å²) in [6.07, 6.45) is 0.500. The van der Waals surface area contributed by atoms with E-state index in [9.17, 15) is 4.79 Å². The molecule has 0 fully saturated rings. The lowest BCUT2D eigenvalue weighted by Crippen LogP contribution is -2.17. The van der Waals surface area contributed by atoms with E-state index in [1.807, 2.05) is 30.3 Å². The first-order valence-corrected chi connectivity index (χ1v) is 4.60. The molecule has 0 saturated carbocycles. The number of halogens is 1. The third-order valence-electron chi connectivity index (χ3n) is 1.86. The summed E-state index contributed by atoms with van der Waals surface area (Å²) < 4.78 is 0. The van der Waals surface area contributed by atoms with E-state index in [2.05, 4.69) is 0 Å². The van der Waals surface area contributed by atoms with Crippen molar-refractivity contribution in [2.75, 3.05) is 5.88 Å². The molecule has 1 aromatic carbocycles. The first-order chi connectivity index (χ1) is 6.24. The van der Waals surface area contributed by atoms with Crippen LogP contribution in [-0.2, 0) is 11.2 Å². The SMILES string of the molecule is O=C(O)C(CCl)Cc1ccccc1. The second-order valence-electron chi connectivity index (χ2n) is 2.88. The molecular formula is C10H11ClO2. The Morgan fingerprint density at radius 1 is 1.38 bits per heavy atom. The molecule has 70 valence electrons. The standard InChI is InChI=1S/C10H11ClO2/c11-7-9(10(12)13)6-8-4-2-1-3-5-8/h1-5,9H,6-7H2,(H,12,13). The first kappa shape index (κ1) is 10.1. The number of aliphatic carboxylic acids is 1. The molecule has 0 aliphatic heterocycles. The highest BCUT2D eigenvalue weighted by atomic mass is 35.5. The Labute approximate surface area is 82.2 Å². The van der Waals surface area contributed by atoms with Crippen molar-refractivity contribution in [3.63, 3.8) is 0 Å². The van der Waals surface area contributed by atoms with Crippen LogP contribution in [0.1, 0.15) is 5.56 Å². The van der Waals surface area contributed by atoms with Crippen molar-refractivity contribution in [2.45, 2.75) is 6.42 Å². The van der Waals surface area contributed by atoms with Crippen molar-refractivity contribution >= 4 is 17.6 Å². The number of benzene rings is 1. The van der Waals surface area contributed by atoms with E-state index < -0.39 is 11.9 Å². The van der Waals surface area contributed by atoms with Gasteiger partial charge in [0.1, 0.15) is 0 Å². The summed E-state index contributed by atoms with van der Waals surface area (Å²) in [7, 11) is 0. The van der Waals surface area contributed by atoms with E-state index in [4.69, 9.17) is 16.7 Å². The number of hydrogen-bond acceptors (Lipinski definition) is 1. The highest BCUT2D eigenvalue weighted by Gasteiger charge is 2.15. The smallest absolute Gasteiger partial charge is 0.308 e. The van der Waals surface area contributed by atoms with Gasteiger partial charge in [0.25, 0.3) is 0 Å². The summed E-state index contributed by atoms with van der Waals surface area (Å²) in [4.78, 5) is 10.7. The molecule has 1 atom stereocenters. The normalized spacial score (nSPS) is 12.4. The lowest BCUT2D eigenvalue weighted by Gasteiger charge is -2.07. The quantitative estimate of drug-likeness (QED) is 0.753. The van der Waals surface area contributed by atoms with Crippen LogP contribution in [0.5, 0.6) is 0 Å². The van der Waals surface area contributed by atoms with Gasteiger partial charge in [-0.15, -0.1) is 11.6 Å². The number of carbonyl (C=O) groups is 1. The van der Waals surface area contributed by atoms with Gasteiger partial charge in [0.2, 0.25) is 0 Å². The minimum Gasteiger partial charge on any atom is -0.481 e. The van der Waals surface area contributed by atoms with Gasteiger partial charge in [-0.1, -0.05) is 30.3 Å². The summed E-state index contributed by atoms with van der Waals surface area (Å²) in [5, 5.41) is 8.75. The molecule has 1 unspecified atom stereocenters. The second kappa shape index (κ2) is 4.87. The van der Waals surface area contributed by atoms with Gasteiger partial charge in [0.15, 0.2) is 0 Å². The Kier molecular flexibility index (Phi) is 3.77. The molecule has 0 aliphatic rings. The van der Waals surface area contributed by atoms with Crippen LogP contribution in [0.3, 0.4) is 0 Å². The molecular weight excluding hydrogens is 188 g/mol. The third kappa shape index (κ3) is 3.07. The van der Waals surface area contributed by atoms with Crippen LogP contribution in [-0.4, -0.2) is 17.0 Å². The number of carboxylic acids is 1. The minimum atomic E-state index is -0.834. The predicted octanol–water partition coefficient (Wildman–Crippen LogP) is 2.17. The number of rotatable bonds is 4. The Morgan fingerprint density at radius 3 is 2.46 bits per heavy atom. The molecule has 0 aromatic heterocycles. The van der Waals surface area contributed by atoms with Crippen molar-refractivity contribution in [1.82, 2.24) is 0 Å². The molecule has 0 bridgehead atoms. The molecule has 2 nitrogen and oxygen atoms in total. The fourth-order valence-electron chi connectivity index (χ4n) is 1.11. The van der Waals surface area contributed by atoms with Crippen molar-refractivity contribution in [3.05, 3.63) is 35.9 Å². The molecule has 0 spiro atoms. The topological polar surface area (TPSA) is 37.3 Å². The Balaban J connectivity index is 2.62. The van der Waals surface area contributed by atoms with E-state index in [0.717, 1.165) is 5.56 Å². The van der Waals surface area contributed by atoms with Crippen molar-refractivity contribution in [2.24, 2.45) is 5.92 Å². The van der Waals surface area contributed by atoms with Crippen molar-refractivity contribution in [1.29, 1.82) is 0 Å². The van der Waals surface area contributed by atoms with Gasteiger partial charge in [0.05, 0.1) is 5.92 Å². The molecule has 0 saturated heterocycles. The zero-order chi connectivity index (χ0) is 9.68. The molecule has 0 radical (unpaired) electrons. The van der Waals surface area contributed by atoms with Gasteiger partial charge in [-0.2, -0.15) is 0 Å². The summed E-state index contributed by atoms with van der Waals surface area (Å²) in [6.45, 7) is 0. The van der Waals surface area contributed by atoms with Gasteiger partial charge in [-0.05, 0) is 12.0 Å². The van der Waals surface area contributed by atoms with Crippen LogP contribution in [0.4, 0.5) is 0 Å². The molecule has 1 rings (SSSR count). The molecule has 0 amide bonds. The summed E-state index contributed by atoms with van der Waals surface area (Å²) in [6, 6.07) is 9.50. The van der Waals surface area contributed by atoms with Crippen LogP contribution in [0.25, 0.3) is 0 Å². The summed E-state index contributed by atoms with van der Waals surface area (Å²) in [5.41, 5.74) is 1.01. The highest BCUT2D eigenvalue weighted by molar-refractivity contribution is 6.19. The van der Waals surface area contributed by atoms with E-state index >= 15 is 0 Å². The third-order valence-corrected chi connectivity index (χ3v) is 2.23. The van der Waals surface area contributed by atoms with Crippen LogP contribution in [0.2, 0.25) is 0 Å². The largest absolute Gasteiger partial charge is 0.481 e. The van der Waals surface area contributed by atoms with Crippen LogP contribution in [0.15, 0.2) is 30.3 Å². The zero-order valence-corrected chi connectivity index (χ0v) is 7.87. The van der Waals surface area contributed by atoms with Crippen LogP contribution >= 0.6 is 11.6 Å². The molecule has 3 heteroatoms. The summed E-state index contributed by atoms with van der Waals surface area (Å²) >= 11 is 5.53. The van der Waals surface area contributed by atoms with Crippen LogP contribution < -0.4 is 0 Å². The maximum Gasteiger partial charge on any atom is 0.308 e. The second-order valence-corrected chi connectivity index (χ2v) is 3.19. The first-order valence-electron chi connectivity index (χ1n) is 4.06. The molecule has 13 heavy (non-hydrogen) atoms.